The van der Waals surface area contributed by atoms with Crippen LogP contribution in [0.4, 0.5) is 0 Å². The minimum Gasteiger partial charge on any atom is -0.490 e. The van der Waals surface area contributed by atoms with Gasteiger partial charge in [0.25, 0.3) is 0 Å². The quantitative estimate of drug-likeness (QED) is 0.414. The maximum atomic E-state index is 6.51. The molecule has 3 rings (SSSR count). The van der Waals surface area contributed by atoms with E-state index < -0.39 is 0 Å². The molecule has 0 spiro atoms. The Kier molecular flexibility index (Phi) is 8.23. The zero-order valence-corrected chi connectivity index (χ0v) is 17.9. The van der Waals surface area contributed by atoms with E-state index in [1.165, 1.54) is 0 Å². The number of imidazole rings is 1. The lowest BCUT2D eigenvalue weighted by atomic mass is 10.2. The van der Waals surface area contributed by atoms with E-state index in [1.807, 2.05) is 55.8 Å². The van der Waals surface area contributed by atoms with Crippen LogP contribution in [0.2, 0.25) is 10.0 Å². The van der Waals surface area contributed by atoms with Crippen molar-refractivity contribution in [2.45, 2.75) is 33.0 Å². The monoisotopic (exact) mass is 433 g/mol. The standard InChI is InChI=1S/C22H25Cl2N3O2/c1-2-28-21-13-18(14-25-7-4-9-27-10-8-26-16-27)12-20(24)22(21)29-15-17-5-3-6-19(23)11-17/h3,5-6,8,10-13,16,25H,2,4,7,9,14-15H2,1H3. The van der Waals surface area contributed by atoms with Gasteiger partial charge in [0.15, 0.2) is 11.5 Å². The molecule has 0 amide bonds. The van der Waals surface area contributed by atoms with Crippen LogP contribution in [0.15, 0.2) is 55.1 Å². The summed E-state index contributed by atoms with van der Waals surface area (Å²) in [6.07, 6.45) is 6.61. The Morgan fingerprint density at radius 2 is 2.00 bits per heavy atom. The van der Waals surface area contributed by atoms with Gasteiger partial charge < -0.3 is 19.4 Å². The van der Waals surface area contributed by atoms with Crippen molar-refractivity contribution in [1.82, 2.24) is 14.9 Å². The Balaban J connectivity index is 1.57. The Bertz CT molecular complexity index is 901. The maximum Gasteiger partial charge on any atom is 0.180 e. The molecule has 5 nitrogen and oxygen atoms in total. The molecule has 0 radical (unpaired) electrons. The summed E-state index contributed by atoms with van der Waals surface area (Å²) in [7, 11) is 0. The van der Waals surface area contributed by atoms with Crippen LogP contribution in [0, 0.1) is 0 Å². The molecule has 29 heavy (non-hydrogen) atoms. The second-order valence-electron chi connectivity index (χ2n) is 6.59. The SMILES string of the molecule is CCOc1cc(CNCCCn2ccnc2)cc(Cl)c1OCc1cccc(Cl)c1. The highest BCUT2D eigenvalue weighted by molar-refractivity contribution is 6.32. The second kappa shape index (κ2) is 11.1. The van der Waals surface area contributed by atoms with Gasteiger partial charge in [0.1, 0.15) is 6.61 Å². The number of aryl methyl sites for hydroxylation is 1. The Morgan fingerprint density at radius 1 is 1.10 bits per heavy atom. The smallest absolute Gasteiger partial charge is 0.180 e. The summed E-state index contributed by atoms with van der Waals surface area (Å²) >= 11 is 12.5. The second-order valence-corrected chi connectivity index (χ2v) is 7.43. The van der Waals surface area contributed by atoms with Gasteiger partial charge in [-0.25, -0.2) is 4.98 Å². The van der Waals surface area contributed by atoms with E-state index in [1.54, 1.807) is 6.20 Å². The summed E-state index contributed by atoms with van der Waals surface area (Å²) in [5, 5.41) is 4.65. The molecule has 0 bridgehead atoms. The molecule has 3 aromatic rings. The fourth-order valence-corrected chi connectivity index (χ4v) is 3.45. The third kappa shape index (κ3) is 6.67. The third-order valence-corrected chi connectivity index (χ3v) is 4.82. The summed E-state index contributed by atoms with van der Waals surface area (Å²) in [4.78, 5) is 4.05. The normalized spacial score (nSPS) is 10.9. The molecule has 0 aliphatic carbocycles. The molecule has 0 unspecified atom stereocenters. The fourth-order valence-electron chi connectivity index (χ4n) is 2.95. The van der Waals surface area contributed by atoms with Gasteiger partial charge in [-0.15, -0.1) is 0 Å². The molecule has 2 aromatic carbocycles. The van der Waals surface area contributed by atoms with E-state index in [9.17, 15) is 0 Å². The van der Waals surface area contributed by atoms with Crippen LogP contribution in [0.5, 0.6) is 11.5 Å². The van der Waals surface area contributed by atoms with E-state index >= 15 is 0 Å². The highest BCUT2D eigenvalue weighted by Crippen LogP contribution is 2.37. The molecule has 154 valence electrons. The van der Waals surface area contributed by atoms with E-state index in [0.717, 1.165) is 30.6 Å². The summed E-state index contributed by atoms with van der Waals surface area (Å²) < 4.78 is 13.8. The topological polar surface area (TPSA) is 48.3 Å². The number of nitrogens with zero attached hydrogens (tertiary/aromatic N) is 2. The van der Waals surface area contributed by atoms with Gasteiger partial charge in [-0.3, -0.25) is 0 Å². The number of hydrogen-bond donors (Lipinski definition) is 1. The highest BCUT2D eigenvalue weighted by atomic mass is 35.5. The first-order chi connectivity index (χ1) is 14.2. The summed E-state index contributed by atoms with van der Waals surface area (Å²) in [6.45, 7) is 5.38. The molecule has 0 aliphatic heterocycles. The number of aromatic nitrogens is 2. The first kappa shape index (κ1) is 21.5. The van der Waals surface area contributed by atoms with Gasteiger partial charge in [0.2, 0.25) is 0 Å². The average Bonchev–Trinajstić information content (AvgIpc) is 3.21. The van der Waals surface area contributed by atoms with Gasteiger partial charge in [0, 0.05) is 30.5 Å². The lowest BCUT2D eigenvalue weighted by Crippen LogP contribution is -2.16. The Labute approximate surface area is 181 Å². The molecule has 0 saturated heterocycles. The van der Waals surface area contributed by atoms with Crippen LogP contribution in [-0.4, -0.2) is 22.7 Å². The number of hydrogen-bond acceptors (Lipinski definition) is 4. The van der Waals surface area contributed by atoms with Crippen LogP contribution in [-0.2, 0) is 19.7 Å². The molecule has 1 aromatic heterocycles. The van der Waals surface area contributed by atoms with Crippen molar-refractivity contribution in [1.29, 1.82) is 0 Å². The van der Waals surface area contributed by atoms with Crippen molar-refractivity contribution in [3.8, 4) is 11.5 Å². The minimum atomic E-state index is 0.367. The van der Waals surface area contributed by atoms with Crippen molar-refractivity contribution in [2.24, 2.45) is 0 Å². The Morgan fingerprint density at radius 3 is 2.76 bits per heavy atom. The zero-order valence-electron chi connectivity index (χ0n) is 16.4. The minimum absolute atomic E-state index is 0.367. The average molecular weight is 434 g/mol. The van der Waals surface area contributed by atoms with Crippen molar-refractivity contribution >= 4 is 23.2 Å². The number of ether oxygens (including phenoxy) is 2. The van der Waals surface area contributed by atoms with Crippen LogP contribution in [0.25, 0.3) is 0 Å². The van der Waals surface area contributed by atoms with Crippen molar-refractivity contribution < 1.29 is 9.47 Å². The number of rotatable bonds is 11. The van der Waals surface area contributed by atoms with Crippen LogP contribution >= 0.6 is 23.2 Å². The van der Waals surface area contributed by atoms with Crippen LogP contribution < -0.4 is 14.8 Å². The fraction of sp³-hybridized carbons (Fsp3) is 0.318. The van der Waals surface area contributed by atoms with Gasteiger partial charge >= 0.3 is 0 Å². The van der Waals surface area contributed by atoms with E-state index in [0.29, 0.717) is 41.3 Å². The number of benzene rings is 2. The molecule has 0 fully saturated rings. The van der Waals surface area contributed by atoms with Gasteiger partial charge in [-0.2, -0.15) is 0 Å². The van der Waals surface area contributed by atoms with Gasteiger partial charge in [-0.1, -0.05) is 35.3 Å². The molecule has 0 aliphatic rings. The molecular weight excluding hydrogens is 409 g/mol. The summed E-state index contributed by atoms with van der Waals surface area (Å²) in [5.41, 5.74) is 2.02. The molecule has 1 heterocycles. The predicted molar refractivity (Wildman–Crippen MR) is 117 cm³/mol. The van der Waals surface area contributed by atoms with Crippen molar-refractivity contribution in [2.75, 3.05) is 13.2 Å². The predicted octanol–water partition coefficient (Wildman–Crippen LogP) is 5.35. The lowest BCUT2D eigenvalue weighted by molar-refractivity contribution is 0.269. The Hall–Kier alpha value is -2.21. The summed E-state index contributed by atoms with van der Waals surface area (Å²) in [5.74, 6) is 1.20. The highest BCUT2D eigenvalue weighted by Gasteiger charge is 2.13. The summed E-state index contributed by atoms with van der Waals surface area (Å²) in [6, 6.07) is 11.5. The molecule has 1 N–H and O–H groups in total. The number of nitrogens with one attached hydrogen (secondary N) is 1. The van der Waals surface area contributed by atoms with Gasteiger partial charge in [-0.05, 0) is 55.3 Å². The van der Waals surface area contributed by atoms with E-state index in [4.69, 9.17) is 32.7 Å². The van der Waals surface area contributed by atoms with Crippen molar-refractivity contribution in [3.63, 3.8) is 0 Å². The first-order valence-corrected chi connectivity index (χ1v) is 10.4. The zero-order chi connectivity index (χ0) is 20.5. The first-order valence-electron chi connectivity index (χ1n) is 9.64. The van der Waals surface area contributed by atoms with E-state index in [2.05, 4.69) is 14.9 Å². The number of halogens is 2. The van der Waals surface area contributed by atoms with Gasteiger partial charge in [0.05, 0.1) is 18.0 Å². The maximum absolute atomic E-state index is 6.51. The molecule has 0 saturated carbocycles. The third-order valence-electron chi connectivity index (χ3n) is 4.30. The van der Waals surface area contributed by atoms with Crippen LogP contribution in [0.3, 0.4) is 0 Å². The van der Waals surface area contributed by atoms with E-state index in [-0.39, 0.29) is 0 Å². The lowest BCUT2D eigenvalue weighted by Gasteiger charge is -2.16. The largest absolute Gasteiger partial charge is 0.490 e. The molecular formula is C22H25Cl2N3O2. The molecule has 0 atom stereocenters. The van der Waals surface area contributed by atoms with Crippen molar-refractivity contribution in [3.05, 3.63) is 76.3 Å². The molecule has 7 heteroatoms. The van der Waals surface area contributed by atoms with Crippen LogP contribution in [0.1, 0.15) is 24.5 Å².